The highest BCUT2D eigenvalue weighted by Crippen LogP contribution is 2.46. The van der Waals surface area contributed by atoms with Crippen molar-refractivity contribution in [2.75, 3.05) is 0 Å². The highest BCUT2D eigenvalue weighted by atomic mass is 16.1. The Labute approximate surface area is 69.2 Å². The first-order valence-electron chi connectivity index (χ1n) is 4.54. The van der Waals surface area contributed by atoms with E-state index in [2.05, 4.69) is 27.7 Å². The third-order valence-corrected chi connectivity index (χ3v) is 3.74. The lowest BCUT2D eigenvalue weighted by Gasteiger charge is -2.27. The molecule has 3 unspecified atom stereocenters. The molecule has 3 atom stereocenters. The third kappa shape index (κ3) is 1.21. The molecule has 11 heavy (non-hydrogen) atoms. The molecule has 0 bridgehead atoms. The zero-order valence-electron chi connectivity index (χ0n) is 7.98. The number of ketones is 1. The highest BCUT2D eigenvalue weighted by molar-refractivity contribution is 5.84. The molecule has 0 N–H and O–H groups in total. The van der Waals surface area contributed by atoms with E-state index in [-0.39, 0.29) is 5.41 Å². The average molecular weight is 154 g/mol. The fourth-order valence-electron chi connectivity index (χ4n) is 2.05. The summed E-state index contributed by atoms with van der Waals surface area (Å²) in [6.45, 7) is 8.69. The summed E-state index contributed by atoms with van der Waals surface area (Å²) in [5, 5.41) is 0. The Morgan fingerprint density at radius 3 is 2.27 bits per heavy atom. The molecule has 0 spiro atoms. The van der Waals surface area contributed by atoms with Crippen LogP contribution in [0.5, 0.6) is 0 Å². The second-order valence-corrected chi connectivity index (χ2v) is 4.23. The maximum atomic E-state index is 11.4. The number of hydrogen-bond donors (Lipinski definition) is 0. The fraction of sp³-hybridized carbons (Fsp3) is 0.900. The summed E-state index contributed by atoms with van der Waals surface area (Å²) in [5.74, 6) is 1.32. The van der Waals surface area contributed by atoms with Gasteiger partial charge in [0.1, 0.15) is 5.78 Å². The molecule has 0 amide bonds. The largest absolute Gasteiger partial charge is 0.299 e. The Balaban J connectivity index is 2.82. The molecule has 0 saturated heterocycles. The van der Waals surface area contributed by atoms with Gasteiger partial charge in [0.15, 0.2) is 0 Å². The summed E-state index contributed by atoms with van der Waals surface area (Å²) in [6.07, 6.45) is 1.93. The van der Waals surface area contributed by atoms with E-state index in [0.29, 0.717) is 17.6 Å². The van der Waals surface area contributed by atoms with Crippen molar-refractivity contribution in [1.82, 2.24) is 0 Å². The number of carbonyl (C=O) groups excluding carboxylic acids is 1. The van der Waals surface area contributed by atoms with Gasteiger partial charge in [-0.1, -0.05) is 34.1 Å². The van der Waals surface area contributed by atoms with Gasteiger partial charge in [-0.25, -0.2) is 0 Å². The number of carbonyl (C=O) groups is 1. The minimum atomic E-state index is 0.288. The van der Waals surface area contributed by atoms with Crippen LogP contribution in [0.3, 0.4) is 0 Å². The normalized spacial score (nSPS) is 44.9. The molecule has 1 rings (SSSR count). The van der Waals surface area contributed by atoms with Crippen LogP contribution in [0.15, 0.2) is 0 Å². The molecule has 1 nitrogen and oxygen atoms in total. The van der Waals surface area contributed by atoms with Gasteiger partial charge < -0.3 is 0 Å². The summed E-state index contributed by atoms with van der Waals surface area (Å²) < 4.78 is 0. The molecular formula is C10H18O. The number of hydrogen-bond acceptors (Lipinski definition) is 1. The SMILES string of the molecule is CCC1(C)CC(=O)C(C)C1C. The summed E-state index contributed by atoms with van der Waals surface area (Å²) in [5.41, 5.74) is 0.288. The van der Waals surface area contributed by atoms with Crippen LogP contribution >= 0.6 is 0 Å². The predicted octanol–water partition coefficient (Wildman–Crippen LogP) is 2.65. The first-order chi connectivity index (χ1) is 5.01. The minimum Gasteiger partial charge on any atom is -0.299 e. The molecular weight excluding hydrogens is 136 g/mol. The average Bonchev–Trinajstić information content (AvgIpc) is 2.17. The lowest BCUT2D eigenvalue weighted by molar-refractivity contribution is -0.120. The Morgan fingerprint density at radius 2 is 2.09 bits per heavy atom. The summed E-state index contributed by atoms with van der Waals surface area (Å²) in [6, 6.07) is 0. The van der Waals surface area contributed by atoms with E-state index in [0.717, 1.165) is 12.8 Å². The Hall–Kier alpha value is -0.330. The van der Waals surface area contributed by atoms with Gasteiger partial charge in [0.2, 0.25) is 0 Å². The first kappa shape index (κ1) is 8.76. The van der Waals surface area contributed by atoms with Crippen LogP contribution in [-0.2, 0) is 4.79 Å². The zero-order chi connectivity index (χ0) is 8.65. The summed E-state index contributed by atoms with van der Waals surface area (Å²) >= 11 is 0. The molecule has 1 aliphatic rings. The molecule has 0 heterocycles. The van der Waals surface area contributed by atoms with Crippen molar-refractivity contribution in [2.45, 2.75) is 40.5 Å². The van der Waals surface area contributed by atoms with Gasteiger partial charge in [-0.15, -0.1) is 0 Å². The molecule has 0 aromatic rings. The van der Waals surface area contributed by atoms with Gasteiger partial charge in [-0.05, 0) is 11.3 Å². The van der Waals surface area contributed by atoms with E-state index in [1.807, 2.05) is 0 Å². The van der Waals surface area contributed by atoms with E-state index in [1.54, 1.807) is 0 Å². The van der Waals surface area contributed by atoms with Crippen molar-refractivity contribution < 1.29 is 4.79 Å². The van der Waals surface area contributed by atoms with Crippen molar-refractivity contribution in [3.8, 4) is 0 Å². The van der Waals surface area contributed by atoms with Crippen LogP contribution in [0.25, 0.3) is 0 Å². The van der Waals surface area contributed by atoms with Crippen molar-refractivity contribution >= 4 is 5.78 Å². The van der Waals surface area contributed by atoms with Crippen molar-refractivity contribution in [3.05, 3.63) is 0 Å². The Bertz CT molecular complexity index is 174. The molecule has 0 aliphatic heterocycles. The maximum Gasteiger partial charge on any atom is 0.136 e. The maximum absolute atomic E-state index is 11.4. The predicted molar refractivity (Wildman–Crippen MR) is 46.4 cm³/mol. The van der Waals surface area contributed by atoms with Crippen LogP contribution in [-0.4, -0.2) is 5.78 Å². The topological polar surface area (TPSA) is 17.1 Å². The van der Waals surface area contributed by atoms with Crippen molar-refractivity contribution in [2.24, 2.45) is 17.3 Å². The molecule has 1 fully saturated rings. The first-order valence-corrected chi connectivity index (χ1v) is 4.54. The number of rotatable bonds is 1. The highest BCUT2D eigenvalue weighted by Gasteiger charge is 2.44. The van der Waals surface area contributed by atoms with Gasteiger partial charge >= 0.3 is 0 Å². The molecule has 1 heteroatoms. The second kappa shape index (κ2) is 2.62. The lowest BCUT2D eigenvalue weighted by atomic mass is 9.77. The molecule has 0 radical (unpaired) electrons. The van der Waals surface area contributed by atoms with Gasteiger partial charge in [0.25, 0.3) is 0 Å². The molecule has 0 aromatic heterocycles. The van der Waals surface area contributed by atoms with Crippen LogP contribution in [0.2, 0.25) is 0 Å². The van der Waals surface area contributed by atoms with E-state index < -0.39 is 0 Å². The number of Topliss-reactive ketones (excluding diaryl/α,β-unsaturated/α-hetero) is 1. The Kier molecular flexibility index (Phi) is 2.08. The van der Waals surface area contributed by atoms with Crippen LogP contribution < -0.4 is 0 Å². The smallest absolute Gasteiger partial charge is 0.136 e. The van der Waals surface area contributed by atoms with Crippen LogP contribution in [0.4, 0.5) is 0 Å². The molecule has 1 saturated carbocycles. The van der Waals surface area contributed by atoms with E-state index in [1.165, 1.54) is 0 Å². The molecule has 64 valence electrons. The second-order valence-electron chi connectivity index (χ2n) is 4.23. The summed E-state index contributed by atoms with van der Waals surface area (Å²) in [4.78, 5) is 11.4. The van der Waals surface area contributed by atoms with Gasteiger partial charge in [0, 0.05) is 12.3 Å². The fourth-order valence-corrected chi connectivity index (χ4v) is 2.05. The van der Waals surface area contributed by atoms with Gasteiger partial charge in [-0.3, -0.25) is 4.79 Å². The molecule has 1 aliphatic carbocycles. The quantitative estimate of drug-likeness (QED) is 0.567. The van der Waals surface area contributed by atoms with E-state index >= 15 is 0 Å². The van der Waals surface area contributed by atoms with Crippen molar-refractivity contribution in [1.29, 1.82) is 0 Å². The minimum absolute atomic E-state index is 0.288. The standard InChI is InChI=1S/C10H18O/c1-5-10(4)6-9(11)7(2)8(10)3/h7-8H,5-6H2,1-4H3. The van der Waals surface area contributed by atoms with Crippen LogP contribution in [0, 0.1) is 17.3 Å². The van der Waals surface area contributed by atoms with Crippen molar-refractivity contribution in [3.63, 3.8) is 0 Å². The summed E-state index contributed by atoms with van der Waals surface area (Å²) in [7, 11) is 0. The van der Waals surface area contributed by atoms with E-state index in [4.69, 9.17) is 0 Å². The van der Waals surface area contributed by atoms with Gasteiger partial charge in [-0.2, -0.15) is 0 Å². The zero-order valence-corrected chi connectivity index (χ0v) is 7.98. The third-order valence-electron chi connectivity index (χ3n) is 3.74. The van der Waals surface area contributed by atoms with Gasteiger partial charge in [0.05, 0.1) is 0 Å². The monoisotopic (exact) mass is 154 g/mol. The lowest BCUT2D eigenvalue weighted by Crippen LogP contribution is -2.20. The van der Waals surface area contributed by atoms with Crippen LogP contribution in [0.1, 0.15) is 40.5 Å². The molecule has 0 aromatic carbocycles. The van der Waals surface area contributed by atoms with E-state index in [9.17, 15) is 4.79 Å². The Morgan fingerprint density at radius 1 is 1.55 bits per heavy atom.